The van der Waals surface area contributed by atoms with Crippen LogP contribution in [0.5, 0.6) is 0 Å². The van der Waals surface area contributed by atoms with Gasteiger partial charge in [0.25, 0.3) is 0 Å². The molecule has 0 N–H and O–H groups in total. The molecule has 0 saturated heterocycles. The summed E-state index contributed by atoms with van der Waals surface area (Å²) in [6.07, 6.45) is 6.74. The van der Waals surface area contributed by atoms with Crippen molar-refractivity contribution >= 4 is 12.0 Å². The largest absolute Gasteiger partial charge is 0.466 e. The second-order valence-corrected chi connectivity index (χ2v) is 4.11. The molecule has 92 valence electrons. The quantitative estimate of drug-likeness (QED) is 0.573. The smallest absolute Gasteiger partial charge is 0.330 e. The molecule has 0 heterocycles. The molecule has 2 nitrogen and oxygen atoms in total. The normalized spacial score (nSPS) is 10.8. The molecule has 0 amide bonds. The predicted octanol–water partition coefficient (Wildman–Crippen LogP) is 3.52. The Kier molecular flexibility index (Phi) is 5.47. The van der Waals surface area contributed by atoms with Gasteiger partial charge in [0.1, 0.15) is 0 Å². The second kappa shape index (κ2) is 6.89. The van der Waals surface area contributed by atoms with Crippen molar-refractivity contribution in [3.8, 4) is 0 Å². The van der Waals surface area contributed by atoms with E-state index >= 15 is 0 Å². The van der Waals surface area contributed by atoms with E-state index < -0.39 is 0 Å². The van der Waals surface area contributed by atoms with E-state index in [0.717, 1.165) is 12.0 Å². The van der Waals surface area contributed by atoms with Crippen LogP contribution in [-0.2, 0) is 16.0 Å². The lowest BCUT2D eigenvalue weighted by Crippen LogP contribution is -1.96. The minimum absolute atomic E-state index is 0.310. The number of unbranched alkanes of at least 4 members (excludes halogenated alkanes) is 1. The van der Waals surface area contributed by atoms with Crippen LogP contribution < -0.4 is 0 Å². The third-order valence-corrected chi connectivity index (χ3v) is 2.80. The molecule has 0 aliphatic heterocycles. The summed E-state index contributed by atoms with van der Waals surface area (Å²) in [6.45, 7) is 4.24. The van der Waals surface area contributed by atoms with Gasteiger partial charge in [-0.15, -0.1) is 0 Å². The fourth-order valence-electron chi connectivity index (χ4n) is 1.78. The van der Waals surface area contributed by atoms with E-state index in [4.69, 9.17) is 0 Å². The maximum Gasteiger partial charge on any atom is 0.330 e. The summed E-state index contributed by atoms with van der Waals surface area (Å²) in [5.74, 6) is -0.310. The van der Waals surface area contributed by atoms with Crippen molar-refractivity contribution in [2.24, 2.45) is 0 Å². The minimum atomic E-state index is -0.310. The van der Waals surface area contributed by atoms with Crippen molar-refractivity contribution in [3.63, 3.8) is 0 Å². The van der Waals surface area contributed by atoms with Crippen LogP contribution >= 0.6 is 0 Å². The molecule has 0 aromatic heterocycles. The van der Waals surface area contributed by atoms with Crippen LogP contribution in [0, 0.1) is 6.92 Å². The molecular formula is C15H20O2. The van der Waals surface area contributed by atoms with Gasteiger partial charge >= 0.3 is 5.97 Å². The summed E-state index contributed by atoms with van der Waals surface area (Å²) in [5.41, 5.74) is 3.64. The van der Waals surface area contributed by atoms with Crippen molar-refractivity contribution in [3.05, 3.63) is 41.0 Å². The first-order chi connectivity index (χ1) is 8.19. The van der Waals surface area contributed by atoms with Crippen molar-refractivity contribution in [2.45, 2.75) is 33.1 Å². The van der Waals surface area contributed by atoms with E-state index in [9.17, 15) is 4.79 Å². The standard InChI is InChI=1S/C15H20O2/c1-4-5-8-13-9-6-7-12(2)14(13)10-11-15(16)17-3/h6-7,9-11H,4-5,8H2,1-3H3/b11-10+. The number of carbonyl (C=O) groups is 1. The SMILES string of the molecule is CCCCc1cccc(C)c1/C=C/C(=O)OC. The average molecular weight is 232 g/mol. The molecule has 0 unspecified atom stereocenters. The molecule has 0 aliphatic rings. The summed E-state index contributed by atoms with van der Waals surface area (Å²) in [4.78, 5) is 11.1. The van der Waals surface area contributed by atoms with Gasteiger partial charge in [-0.05, 0) is 42.5 Å². The first kappa shape index (κ1) is 13.5. The van der Waals surface area contributed by atoms with Gasteiger partial charge < -0.3 is 4.74 Å². The van der Waals surface area contributed by atoms with Gasteiger partial charge in [0.2, 0.25) is 0 Å². The number of hydrogen-bond donors (Lipinski definition) is 0. The van der Waals surface area contributed by atoms with Crippen LogP contribution in [0.15, 0.2) is 24.3 Å². The molecule has 0 aliphatic carbocycles. The fourth-order valence-corrected chi connectivity index (χ4v) is 1.78. The summed E-state index contributed by atoms with van der Waals surface area (Å²) < 4.78 is 4.61. The third kappa shape index (κ3) is 4.06. The number of esters is 1. The van der Waals surface area contributed by atoms with Gasteiger partial charge in [-0.2, -0.15) is 0 Å². The number of benzene rings is 1. The second-order valence-electron chi connectivity index (χ2n) is 4.11. The Morgan fingerprint density at radius 1 is 1.41 bits per heavy atom. The van der Waals surface area contributed by atoms with Crippen LogP contribution in [-0.4, -0.2) is 13.1 Å². The average Bonchev–Trinajstić information content (AvgIpc) is 2.34. The van der Waals surface area contributed by atoms with Crippen LogP contribution in [0.25, 0.3) is 6.08 Å². The molecule has 0 fully saturated rings. The Balaban J connectivity index is 2.94. The number of methoxy groups -OCH3 is 1. The summed E-state index contributed by atoms with van der Waals surface area (Å²) in [7, 11) is 1.39. The zero-order valence-electron chi connectivity index (χ0n) is 10.8. The highest BCUT2D eigenvalue weighted by Crippen LogP contribution is 2.18. The predicted molar refractivity (Wildman–Crippen MR) is 70.8 cm³/mol. The number of aryl methyl sites for hydroxylation is 2. The highest BCUT2D eigenvalue weighted by Gasteiger charge is 2.03. The first-order valence-corrected chi connectivity index (χ1v) is 6.03. The van der Waals surface area contributed by atoms with E-state index in [1.807, 2.05) is 6.08 Å². The van der Waals surface area contributed by atoms with Crippen molar-refractivity contribution in [1.82, 2.24) is 0 Å². The van der Waals surface area contributed by atoms with Gasteiger partial charge in [0.15, 0.2) is 0 Å². The zero-order chi connectivity index (χ0) is 12.7. The molecule has 1 aromatic rings. The molecule has 0 bridgehead atoms. The Morgan fingerprint density at radius 2 is 2.18 bits per heavy atom. The van der Waals surface area contributed by atoms with E-state index in [2.05, 4.69) is 36.8 Å². The summed E-state index contributed by atoms with van der Waals surface area (Å²) in [5, 5.41) is 0. The molecule has 17 heavy (non-hydrogen) atoms. The van der Waals surface area contributed by atoms with E-state index in [1.165, 1.54) is 37.2 Å². The maximum atomic E-state index is 11.1. The number of ether oxygens (including phenoxy) is 1. The number of rotatable bonds is 5. The van der Waals surface area contributed by atoms with Crippen molar-refractivity contribution in [2.75, 3.05) is 7.11 Å². The molecule has 2 heteroatoms. The summed E-state index contributed by atoms with van der Waals surface area (Å²) >= 11 is 0. The molecule has 0 radical (unpaired) electrons. The Morgan fingerprint density at radius 3 is 2.82 bits per heavy atom. The molecule has 0 saturated carbocycles. The first-order valence-electron chi connectivity index (χ1n) is 6.03. The number of carbonyl (C=O) groups excluding carboxylic acids is 1. The van der Waals surface area contributed by atoms with Gasteiger partial charge in [-0.1, -0.05) is 31.5 Å². The van der Waals surface area contributed by atoms with Gasteiger partial charge in [-0.3, -0.25) is 0 Å². The topological polar surface area (TPSA) is 26.3 Å². The van der Waals surface area contributed by atoms with Crippen molar-refractivity contribution < 1.29 is 9.53 Å². The lowest BCUT2D eigenvalue weighted by atomic mass is 9.97. The van der Waals surface area contributed by atoms with E-state index in [0.29, 0.717) is 0 Å². The Labute approximate surface area is 103 Å². The van der Waals surface area contributed by atoms with E-state index in [1.54, 1.807) is 0 Å². The molecule has 0 atom stereocenters. The zero-order valence-corrected chi connectivity index (χ0v) is 10.8. The Hall–Kier alpha value is -1.57. The van der Waals surface area contributed by atoms with Crippen LogP contribution in [0.1, 0.15) is 36.5 Å². The minimum Gasteiger partial charge on any atom is -0.466 e. The van der Waals surface area contributed by atoms with Crippen LogP contribution in [0.4, 0.5) is 0 Å². The third-order valence-electron chi connectivity index (χ3n) is 2.80. The van der Waals surface area contributed by atoms with Crippen molar-refractivity contribution in [1.29, 1.82) is 0 Å². The molecule has 1 rings (SSSR count). The lowest BCUT2D eigenvalue weighted by Gasteiger charge is -2.08. The number of hydrogen-bond acceptors (Lipinski definition) is 2. The molecule has 0 spiro atoms. The molecule has 1 aromatic carbocycles. The summed E-state index contributed by atoms with van der Waals surface area (Å²) in [6, 6.07) is 6.25. The highest BCUT2D eigenvalue weighted by molar-refractivity contribution is 5.87. The van der Waals surface area contributed by atoms with E-state index in [-0.39, 0.29) is 5.97 Å². The van der Waals surface area contributed by atoms with Gasteiger partial charge in [0, 0.05) is 6.08 Å². The lowest BCUT2D eigenvalue weighted by molar-refractivity contribution is -0.134. The van der Waals surface area contributed by atoms with Gasteiger partial charge in [-0.25, -0.2) is 4.79 Å². The Bertz CT molecular complexity index is 405. The fraction of sp³-hybridized carbons (Fsp3) is 0.400. The highest BCUT2D eigenvalue weighted by atomic mass is 16.5. The monoisotopic (exact) mass is 232 g/mol. The van der Waals surface area contributed by atoms with Crippen LogP contribution in [0.3, 0.4) is 0 Å². The molecular weight excluding hydrogens is 212 g/mol. The van der Waals surface area contributed by atoms with Gasteiger partial charge in [0.05, 0.1) is 7.11 Å². The maximum absolute atomic E-state index is 11.1. The van der Waals surface area contributed by atoms with Crippen LogP contribution in [0.2, 0.25) is 0 Å².